The van der Waals surface area contributed by atoms with E-state index < -0.39 is 12.1 Å². The Hall–Kier alpha value is -1.77. The zero-order chi connectivity index (χ0) is 16.4. The number of carbonyl (C=O) groups excluding carboxylic acids is 3. The predicted octanol–water partition coefficient (Wildman–Crippen LogP) is 0.398. The Balaban J connectivity index is 2.08. The van der Waals surface area contributed by atoms with Gasteiger partial charge < -0.3 is 4.74 Å². The van der Waals surface area contributed by atoms with Crippen LogP contribution in [0.25, 0.3) is 0 Å². The van der Waals surface area contributed by atoms with Crippen molar-refractivity contribution in [2.45, 2.75) is 25.8 Å². The summed E-state index contributed by atoms with van der Waals surface area (Å²) in [5.41, 5.74) is 0. The highest BCUT2D eigenvalue weighted by molar-refractivity contribution is 9.18. The van der Waals surface area contributed by atoms with Crippen LogP contribution >= 0.6 is 15.9 Å². The van der Waals surface area contributed by atoms with Crippen molar-refractivity contribution >= 4 is 44.4 Å². The Labute approximate surface area is 136 Å². The third-order valence-electron chi connectivity index (χ3n) is 3.57. The summed E-state index contributed by atoms with van der Waals surface area (Å²) in [6, 6.07) is -1.04. The molecule has 22 heavy (non-hydrogen) atoms. The number of imide groups is 1. The van der Waals surface area contributed by atoms with Crippen molar-refractivity contribution < 1.29 is 23.7 Å². The number of hydrogen-bond donors (Lipinski definition) is 0. The number of ether oxygens (including phenoxy) is 1. The number of esters is 1. The number of rotatable bonds is 5. The monoisotopic (exact) mass is 373 g/mol. The number of nitrogens with zero attached hydrogens (tertiary/aromatic N) is 4. The Kier molecular flexibility index (Phi) is 4.94. The Morgan fingerprint density at radius 3 is 2.68 bits per heavy atom. The van der Waals surface area contributed by atoms with Crippen LogP contribution in [-0.4, -0.2) is 76.2 Å². The summed E-state index contributed by atoms with van der Waals surface area (Å²) >= 11 is 3.32. The highest BCUT2D eigenvalue weighted by Gasteiger charge is 2.52. The van der Waals surface area contributed by atoms with E-state index in [9.17, 15) is 14.4 Å². The number of urea groups is 1. The normalized spacial score (nSPS) is 21.3. The van der Waals surface area contributed by atoms with E-state index in [1.165, 1.54) is 11.9 Å². The van der Waals surface area contributed by atoms with Crippen molar-refractivity contribution in [2.24, 2.45) is 4.99 Å². The summed E-state index contributed by atoms with van der Waals surface area (Å²) in [5, 5.41) is 0. The maximum absolute atomic E-state index is 12.3. The molecule has 0 aromatic rings. The number of carbonyl (C=O) groups is 3. The Morgan fingerprint density at radius 2 is 2.05 bits per heavy atom. The maximum atomic E-state index is 12.3. The lowest BCUT2D eigenvalue weighted by Crippen LogP contribution is -2.61. The van der Waals surface area contributed by atoms with E-state index in [1.54, 1.807) is 18.5 Å². The van der Waals surface area contributed by atoms with E-state index >= 15 is 0 Å². The number of amidine groups is 2. The topological polar surface area (TPSA) is 82.3 Å². The van der Waals surface area contributed by atoms with Crippen molar-refractivity contribution in [1.82, 2.24) is 9.80 Å². The average Bonchev–Trinajstić information content (AvgIpc) is 2.80. The van der Waals surface area contributed by atoms with E-state index in [0.717, 1.165) is 4.90 Å². The molecule has 0 saturated carbocycles. The van der Waals surface area contributed by atoms with Crippen molar-refractivity contribution in [3.63, 3.8) is 0 Å². The quantitative estimate of drug-likeness (QED) is 0.396. The lowest BCUT2D eigenvalue weighted by Gasteiger charge is -2.30. The van der Waals surface area contributed by atoms with Gasteiger partial charge in [-0.05, 0) is 18.3 Å². The molecule has 1 atom stereocenters. The minimum absolute atomic E-state index is 0.265. The molecule has 0 bridgehead atoms. The lowest BCUT2D eigenvalue weighted by atomic mass is 10.1. The fourth-order valence-electron chi connectivity index (χ4n) is 2.42. The molecule has 1 unspecified atom stereocenters. The molecular formula is C13H18BrN4O4+. The predicted molar refractivity (Wildman–Crippen MR) is 82.1 cm³/mol. The van der Waals surface area contributed by atoms with Gasteiger partial charge in [0.1, 0.15) is 0 Å². The summed E-state index contributed by atoms with van der Waals surface area (Å²) in [4.78, 5) is 42.3. The van der Waals surface area contributed by atoms with Crippen LogP contribution in [0.4, 0.5) is 4.79 Å². The van der Waals surface area contributed by atoms with E-state index in [4.69, 9.17) is 4.74 Å². The minimum atomic E-state index is -0.635. The third kappa shape index (κ3) is 2.90. The van der Waals surface area contributed by atoms with Crippen LogP contribution in [0.1, 0.15) is 19.8 Å². The third-order valence-corrected chi connectivity index (χ3v) is 4.20. The van der Waals surface area contributed by atoms with Crippen LogP contribution in [0.2, 0.25) is 0 Å². The molecule has 0 radical (unpaired) electrons. The molecule has 1 saturated heterocycles. The number of hydrogen-bond acceptors (Lipinski definition) is 5. The van der Waals surface area contributed by atoms with Gasteiger partial charge in [0.2, 0.25) is 0 Å². The van der Waals surface area contributed by atoms with Gasteiger partial charge >= 0.3 is 16.7 Å². The minimum Gasteiger partial charge on any atom is -0.466 e. The van der Waals surface area contributed by atoms with E-state index in [-0.39, 0.29) is 18.3 Å². The van der Waals surface area contributed by atoms with E-state index in [2.05, 4.69) is 20.9 Å². The molecule has 0 spiro atoms. The van der Waals surface area contributed by atoms with Crippen LogP contribution in [0.5, 0.6) is 0 Å². The summed E-state index contributed by atoms with van der Waals surface area (Å²) < 4.78 is 7.11. The highest BCUT2D eigenvalue weighted by Crippen LogP contribution is 2.20. The summed E-state index contributed by atoms with van der Waals surface area (Å²) in [6.45, 7) is 2.56. The van der Waals surface area contributed by atoms with Crippen LogP contribution in [0, 0.1) is 0 Å². The first-order valence-corrected chi connectivity index (χ1v) is 7.76. The van der Waals surface area contributed by atoms with Gasteiger partial charge in [0.05, 0.1) is 29.1 Å². The smallest absolute Gasteiger partial charge is 0.364 e. The number of amides is 3. The molecule has 3 amide bonds. The molecule has 2 heterocycles. The largest absolute Gasteiger partial charge is 0.466 e. The van der Waals surface area contributed by atoms with Crippen LogP contribution in [0.3, 0.4) is 0 Å². The zero-order valence-corrected chi connectivity index (χ0v) is 14.3. The second-order valence-corrected chi connectivity index (χ2v) is 5.69. The summed E-state index contributed by atoms with van der Waals surface area (Å²) in [6.07, 6.45) is 0.799. The first kappa shape index (κ1) is 16.6. The molecule has 2 aliphatic heterocycles. The molecular weight excluding hydrogens is 356 g/mol. The van der Waals surface area contributed by atoms with Gasteiger partial charge in [-0.1, -0.05) is 0 Å². The lowest BCUT2D eigenvalue weighted by molar-refractivity contribution is -0.532. The molecule has 9 heteroatoms. The molecule has 2 aliphatic rings. The fraction of sp³-hybridized carbons (Fsp3) is 0.615. The second kappa shape index (κ2) is 6.55. The molecule has 0 aromatic heterocycles. The first-order chi connectivity index (χ1) is 10.4. The standard InChI is InChI=1S/C13H18BrN4O4/c1-4-22-8(19)6-5-7-18-9-10(15-12(18)14)16(2)13(21)17(3)11(9)20/h9H,4-7H2,1-3H3/q+1. The number of halogens is 1. The summed E-state index contributed by atoms with van der Waals surface area (Å²) in [5.74, 6) is -0.193. The van der Waals surface area contributed by atoms with Gasteiger partial charge in [-0.15, -0.1) is 0 Å². The van der Waals surface area contributed by atoms with Crippen LogP contribution < -0.4 is 0 Å². The van der Waals surface area contributed by atoms with Gasteiger partial charge in [0.15, 0.2) is 0 Å². The highest BCUT2D eigenvalue weighted by atomic mass is 79.9. The van der Waals surface area contributed by atoms with Crippen molar-refractivity contribution in [3.8, 4) is 0 Å². The van der Waals surface area contributed by atoms with E-state index in [1.807, 2.05) is 0 Å². The van der Waals surface area contributed by atoms with E-state index in [0.29, 0.717) is 30.2 Å². The fourth-order valence-corrected chi connectivity index (χ4v) is 2.98. The maximum Gasteiger partial charge on any atom is 0.364 e. The van der Waals surface area contributed by atoms with Gasteiger partial charge in [-0.3, -0.25) is 19.4 Å². The number of aliphatic imine (C=N–C) groups is 1. The number of fused-ring (bicyclic) bond motifs is 1. The second-order valence-electron chi connectivity index (χ2n) is 4.98. The molecule has 0 aliphatic carbocycles. The molecule has 8 nitrogen and oxygen atoms in total. The Bertz CT molecular complexity index is 587. The molecule has 120 valence electrons. The SMILES string of the molecule is CCOC(=O)CCC[N+]1=C(Br)N=C2C1C(=O)N(C)C(=O)N2C. The average molecular weight is 374 g/mol. The Morgan fingerprint density at radius 1 is 1.36 bits per heavy atom. The first-order valence-electron chi connectivity index (χ1n) is 6.97. The van der Waals surface area contributed by atoms with Crippen LogP contribution in [-0.2, 0) is 14.3 Å². The van der Waals surface area contributed by atoms with Crippen molar-refractivity contribution in [1.29, 1.82) is 0 Å². The summed E-state index contributed by atoms with van der Waals surface area (Å²) in [7, 11) is 3.03. The molecule has 1 fully saturated rings. The van der Waals surface area contributed by atoms with Gasteiger partial charge in [-0.2, -0.15) is 0 Å². The van der Waals surface area contributed by atoms with Crippen molar-refractivity contribution in [3.05, 3.63) is 0 Å². The number of likely N-dealkylation sites (N-methyl/N-ethyl adjacent to an activating group) is 2. The zero-order valence-electron chi connectivity index (χ0n) is 12.7. The molecule has 2 rings (SSSR count). The van der Waals surface area contributed by atoms with Gasteiger partial charge in [0, 0.05) is 20.5 Å². The molecule has 0 N–H and O–H groups in total. The van der Waals surface area contributed by atoms with Crippen molar-refractivity contribution in [2.75, 3.05) is 27.2 Å². The van der Waals surface area contributed by atoms with Gasteiger partial charge in [-0.25, -0.2) is 9.37 Å². The van der Waals surface area contributed by atoms with Gasteiger partial charge in [0.25, 0.3) is 17.8 Å². The van der Waals surface area contributed by atoms with Crippen LogP contribution in [0.15, 0.2) is 4.99 Å². The molecule has 0 aromatic carbocycles.